The third-order valence-electron chi connectivity index (χ3n) is 3.72. The molecule has 0 atom stereocenters. The van der Waals surface area contributed by atoms with Crippen molar-refractivity contribution in [3.05, 3.63) is 10.6 Å². The zero-order chi connectivity index (χ0) is 13.1. The van der Waals surface area contributed by atoms with Gasteiger partial charge in [-0.05, 0) is 39.2 Å². The van der Waals surface area contributed by atoms with E-state index < -0.39 is 0 Å². The van der Waals surface area contributed by atoms with Crippen molar-refractivity contribution in [3.8, 4) is 0 Å². The van der Waals surface area contributed by atoms with Crippen molar-refractivity contribution in [2.45, 2.75) is 46.6 Å². The number of anilines is 1. The van der Waals surface area contributed by atoms with E-state index in [-0.39, 0.29) is 0 Å². The van der Waals surface area contributed by atoms with E-state index in [0.717, 1.165) is 19.0 Å². The van der Waals surface area contributed by atoms with Crippen molar-refractivity contribution >= 4 is 16.5 Å². The molecule has 0 bridgehead atoms. The smallest absolute Gasteiger partial charge is 0.185 e. The molecule has 2 heterocycles. The average Bonchev–Trinajstić information content (AvgIpc) is 2.68. The maximum atomic E-state index is 4.66. The Bertz CT molecular complexity index is 359. The summed E-state index contributed by atoms with van der Waals surface area (Å²) in [6.45, 7) is 12.2. The fraction of sp³-hybridized carbons (Fsp3) is 0.786. The fourth-order valence-electron chi connectivity index (χ4n) is 2.32. The Kier molecular flexibility index (Phi) is 4.62. The Morgan fingerprint density at radius 1 is 1.33 bits per heavy atom. The van der Waals surface area contributed by atoms with Gasteiger partial charge in [0.1, 0.15) is 0 Å². The lowest BCUT2D eigenvalue weighted by atomic mass is 9.97. The van der Waals surface area contributed by atoms with Crippen LogP contribution in [0.1, 0.15) is 37.3 Å². The van der Waals surface area contributed by atoms with Gasteiger partial charge in [-0.15, -0.1) is 11.3 Å². The minimum atomic E-state index is 0.604. The van der Waals surface area contributed by atoms with E-state index in [4.69, 9.17) is 0 Å². The molecule has 0 aromatic carbocycles. The summed E-state index contributed by atoms with van der Waals surface area (Å²) in [6, 6.07) is 0.604. The van der Waals surface area contributed by atoms with Gasteiger partial charge in [-0.1, -0.05) is 13.8 Å². The van der Waals surface area contributed by atoms with Crippen LogP contribution in [0.5, 0.6) is 0 Å². The molecule has 0 unspecified atom stereocenters. The summed E-state index contributed by atoms with van der Waals surface area (Å²) in [6.07, 6.45) is 2.58. The molecule has 0 aliphatic carbocycles. The van der Waals surface area contributed by atoms with Crippen LogP contribution in [0, 0.1) is 19.8 Å². The van der Waals surface area contributed by atoms with Crippen LogP contribution in [0.4, 0.5) is 5.13 Å². The lowest BCUT2D eigenvalue weighted by Gasteiger charge is -2.32. The van der Waals surface area contributed by atoms with Gasteiger partial charge in [-0.2, -0.15) is 0 Å². The lowest BCUT2D eigenvalue weighted by molar-refractivity contribution is 0.370. The molecule has 4 heteroatoms. The predicted octanol–water partition coefficient (Wildman–Crippen LogP) is 2.97. The summed E-state index contributed by atoms with van der Waals surface area (Å²) in [5.74, 6) is 0.839. The summed E-state index contributed by atoms with van der Waals surface area (Å²) < 4.78 is 0. The Morgan fingerprint density at radius 3 is 2.50 bits per heavy atom. The minimum absolute atomic E-state index is 0.604. The zero-order valence-corrected chi connectivity index (χ0v) is 12.8. The molecule has 102 valence electrons. The van der Waals surface area contributed by atoms with Gasteiger partial charge in [0.25, 0.3) is 0 Å². The van der Waals surface area contributed by atoms with Gasteiger partial charge in [0, 0.05) is 24.0 Å². The number of hydrogen-bond acceptors (Lipinski definition) is 4. The van der Waals surface area contributed by atoms with Gasteiger partial charge in [-0.25, -0.2) is 4.98 Å². The monoisotopic (exact) mass is 267 g/mol. The molecule has 1 fully saturated rings. The summed E-state index contributed by atoms with van der Waals surface area (Å²) in [5, 5.41) is 4.77. The molecule has 0 spiro atoms. The highest BCUT2D eigenvalue weighted by atomic mass is 32.1. The van der Waals surface area contributed by atoms with E-state index >= 15 is 0 Å². The maximum Gasteiger partial charge on any atom is 0.185 e. The van der Waals surface area contributed by atoms with Gasteiger partial charge in [0.15, 0.2) is 5.13 Å². The molecule has 0 radical (unpaired) electrons. The number of piperidine rings is 1. The van der Waals surface area contributed by atoms with Crippen LogP contribution in [0.25, 0.3) is 0 Å². The van der Waals surface area contributed by atoms with E-state index in [1.165, 1.54) is 35.1 Å². The van der Waals surface area contributed by atoms with Gasteiger partial charge in [-0.3, -0.25) is 0 Å². The second kappa shape index (κ2) is 6.02. The van der Waals surface area contributed by atoms with Gasteiger partial charge in [0.05, 0.1) is 5.69 Å². The molecule has 1 aromatic rings. The molecule has 1 aliphatic heterocycles. The van der Waals surface area contributed by atoms with Crippen molar-refractivity contribution in [1.29, 1.82) is 0 Å². The van der Waals surface area contributed by atoms with Crippen molar-refractivity contribution < 1.29 is 0 Å². The van der Waals surface area contributed by atoms with Crippen LogP contribution < -0.4 is 10.2 Å². The molecule has 1 aromatic heterocycles. The lowest BCUT2D eigenvalue weighted by Crippen LogP contribution is -2.38. The van der Waals surface area contributed by atoms with E-state index in [1.54, 1.807) is 0 Å². The van der Waals surface area contributed by atoms with Crippen LogP contribution in [0.2, 0.25) is 0 Å². The van der Waals surface area contributed by atoms with E-state index in [2.05, 4.69) is 42.9 Å². The first-order valence-electron chi connectivity index (χ1n) is 6.98. The number of thiazole rings is 1. The molecule has 1 saturated heterocycles. The van der Waals surface area contributed by atoms with E-state index in [0.29, 0.717) is 6.04 Å². The first-order chi connectivity index (χ1) is 8.56. The Labute approximate surface area is 115 Å². The van der Waals surface area contributed by atoms with Gasteiger partial charge >= 0.3 is 0 Å². The van der Waals surface area contributed by atoms with Crippen LogP contribution in [0.3, 0.4) is 0 Å². The molecule has 0 saturated carbocycles. The summed E-state index contributed by atoms with van der Waals surface area (Å²) >= 11 is 1.84. The summed E-state index contributed by atoms with van der Waals surface area (Å²) in [7, 11) is 0. The van der Waals surface area contributed by atoms with Crippen LogP contribution in [0.15, 0.2) is 0 Å². The number of aryl methyl sites for hydroxylation is 2. The summed E-state index contributed by atoms with van der Waals surface area (Å²) in [5.41, 5.74) is 1.19. The molecule has 2 rings (SSSR count). The third kappa shape index (κ3) is 3.45. The second-order valence-corrected chi connectivity index (χ2v) is 6.81. The Hall–Kier alpha value is -0.610. The highest BCUT2D eigenvalue weighted by Crippen LogP contribution is 2.28. The Balaban J connectivity index is 1.83. The molecule has 3 nitrogen and oxygen atoms in total. The second-order valence-electron chi connectivity index (χ2n) is 5.63. The molecule has 1 aliphatic rings. The quantitative estimate of drug-likeness (QED) is 0.909. The highest BCUT2D eigenvalue weighted by molar-refractivity contribution is 7.15. The van der Waals surface area contributed by atoms with Crippen molar-refractivity contribution in [1.82, 2.24) is 10.3 Å². The number of aromatic nitrogens is 1. The first kappa shape index (κ1) is 13.8. The molecular formula is C14H25N3S. The molecule has 18 heavy (non-hydrogen) atoms. The predicted molar refractivity (Wildman–Crippen MR) is 79.7 cm³/mol. The van der Waals surface area contributed by atoms with Gasteiger partial charge < -0.3 is 10.2 Å². The number of hydrogen-bond donors (Lipinski definition) is 1. The topological polar surface area (TPSA) is 28.2 Å². The largest absolute Gasteiger partial charge is 0.348 e. The van der Waals surface area contributed by atoms with Crippen molar-refractivity contribution in [2.24, 2.45) is 5.92 Å². The standard InChI is InChI=1S/C14H25N3S/c1-10(2)15-9-13-5-7-17(8-6-13)14-16-11(3)12(4)18-14/h10,13,15H,5-9H2,1-4H3. The SMILES string of the molecule is Cc1nc(N2CCC(CNC(C)C)CC2)sc1C. The molecule has 1 N–H and O–H groups in total. The van der Waals surface area contributed by atoms with Gasteiger partial charge in [0.2, 0.25) is 0 Å². The molecular weight excluding hydrogens is 242 g/mol. The number of rotatable bonds is 4. The van der Waals surface area contributed by atoms with Crippen LogP contribution >= 0.6 is 11.3 Å². The Morgan fingerprint density at radius 2 is 2.00 bits per heavy atom. The van der Waals surface area contributed by atoms with Crippen molar-refractivity contribution in [2.75, 3.05) is 24.5 Å². The normalized spacial score (nSPS) is 17.7. The van der Waals surface area contributed by atoms with E-state index in [9.17, 15) is 0 Å². The molecule has 0 amide bonds. The van der Waals surface area contributed by atoms with E-state index in [1.807, 2.05) is 11.3 Å². The minimum Gasteiger partial charge on any atom is -0.348 e. The first-order valence-corrected chi connectivity index (χ1v) is 7.80. The zero-order valence-electron chi connectivity index (χ0n) is 12.0. The fourth-order valence-corrected chi connectivity index (χ4v) is 3.28. The number of nitrogens with one attached hydrogen (secondary N) is 1. The maximum absolute atomic E-state index is 4.66. The average molecular weight is 267 g/mol. The number of nitrogens with zero attached hydrogens (tertiary/aromatic N) is 2. The van der Waals surface area contributed by atoms with Crippen LogP contribution in [-0.2, 0) is 0 Å². The van der Waals surface area contributed by atoms with Crippen molar-refractivity contribution in [3.63, 3.8) is 0 Å². The highest BCUT2D eigenvalue weighted by Gasteiger charge is 2.21. The summed E-state index contributed by atoms with van der Waals surface area (Å²) in [4.78, 5) is 8.47. The third-order valence-corrected chi connectivity index (χ3v) is 4.85. The van der Waals surface area contributed by atoms with Crippen LogP contribution in [-0.4, -0.2) is 30.7 Å².